The number of hydrogen-bond acceptors (Lipinski definition) is 3. The summed E-state index contributed by atoms with van der Waals surface area (Å²) in [5.41, 5.74) is 3.52. The predicted octanol–water partition coefficient (Wildman–Crippen LogP) is 5.19. The van der Waals surface area contributed by atoms with Crippen LogP contribution in [0.25, 0.3) is 22.0 Å². The minimum absolute atomic E-state index is 0.355. The Balaban J connectivity index is 1.92. The fourth-order valence-corrected chi connectivity index (χ4v) is 3.07. The lowest BCUT2D eigenvalue weighted by Gasteiger charge is -2.33. The molecule has 5 nitrogen and oxygen atoms in total. The van der Waals surface area contributed by atoms with Gasteiger partial charge in [-0.25, -0.2) is 4.79 Å². The number of aromatic nitrogens is 1. The zero-order chi connectivity index (χ0) is 19.6. The number of nitrogens with zero attached hydrogens (tertiary/aromatic N) is 2. The minimum Gasteiger partial charge on any atom is -0.497 e. The van der Waals surface area contributed by atoms with Gasteiger partial charge in [-0.05, 0) is 55.7 Å². The highest BCUT2D eigenvalue weighted by Crippen LogP contribution is 2.30. The lowest BCUT2D eigenvalue weighted by molar-refractivity contribution is 0.0955. The van der Waals surface area contributed by atoms with E-state index in [1.54, 1.807) is 13.3 Å². The van der Waals surface area contributed by atoms with Gasteiger partial charge in [0.05, 0.1) is 12.6 Å². The van der Waals surface area contributed by atoms with Crippen molar-refractivity contribution in [1.82, 2.24) is 9.88 Å². The number of benzene rings is 2. The van der Waals surface area contributed by atoms with Gasteiger partial charge in [-0.3, -0.25) is 9.88 Å². The highest BCUT2D eigenvalue weighted by Gasteiger charge is 2.26. The number of fused-ring (bicyclic) bond motifs is 1. The number of rotatable bonds is 4. The van der Waals surface area contributed by atoms with Gasteiger partial charge in [0, 0.05) is 29.7 Å². The monoisotopic (exact) mass is 364 g/mol. The maximum atomic E-state index is 11.5. The van der Waals surface area contributed by atoms with Gasteiger partial charge in [0.2, 0.25) is 0 Å². The third-order valence-electron chi connectivity index (χ3n) is 4.60. The van der Waals surface area contributed by atoms with Crippen molar-refractivity contribution in [2.45, 2.75) is 32.9 Å². The first-order valence-electron chi connectivity index (χ1n) is 8.82. The molecule has 0 atom stereocenters. The molecule has 0 bridgehead atoms. The highest BCUT2D eigenvalue weighted by atomic mass is 16.5. The number of hydrogen-bond donors (Lipinski definition) is 1. The Bertz CT molecular complexity index is 959. The second-order valence-corrected chi connectivity index (χ2v) is 7.48. The molecule has 3 aromatic rings. The maximum Gasteiger partial charge on any atom is 0.408 e. The Morgan fingerprint density at radius 1 is 1.11 bits per heavy atom. The number of pyridine rings is 1. The van der Waals surface area contributed by atoms with Gasteiger partial charge in [0.1, 0.15) is 5.75 Å². The van der Waals surface area contributed by atoms with Crippen LogP contribution in [0.3, 0.4) is 0 Å². The van der Waals surface area contributed by atoms with E-state index in [-0.39, 0.29) is 0 Å². The highest BCUT2D eigenvalue weighted by molar-refractivity contribution is 5.94. The Hall–Kier alpha value is -3.08. The fourth-order valence-electron chi connectivity index (χ4n) is 3.07. The van der Waals surface area contributed by atoms with Crippen LogP contribution in [-0.2, 0) is 6.54 Å². The zero-order valence-corrected chi connectivity index (χ0v) is 16.1. The van der Waals surface area contributed by atoms with Crippen molar-refractivity contribution >= 4 is 17.0 Å². The SMILES string of the molecule is COc1ccc2c(-c3ccc(CN(C(=O)O)C(C)(C)C)cc3)ccnc2c1. The van der Waals surface area contributed by atoms with Crippen molar-refractivity contribution in [2.24, 2.45) is 0 Å². The van der Waals surface area contributed by atoms with E-state index in [9.17, 15) is 9.90 Å². The largest absolute Gasteiger partial charge is 0.497 e. The molecule has 0 spiro atoms. The van der Waals surface area contributed by atoms with Gasteiger partial charge in [-0.2, -0.15) is 0 Å². The predicted molar refractivity (Wildman–Crippen MR) is 107 cm³/mol. The summed E-state index contributed by atoms with van der Waals surface area (Å²) in [4.78, 5) is 17.4. The number of methoxy groups -OCH3 is 1. The molecule has 1 aromatic heterocycles. The van der Waals surface area contributed by atoms with E-state index < -0.39 is 11.6 Å². The average molecular weight is 364 g/mol. The molecule has 1 amide bonds. The standard InChI is InChI=1S/C22H24N2O3/c1-22(2,3)24(21(25)26)14-15-5-7-16(8-6-15)18-11-12-23-20-13-17(27-4)9-10-19(18)20/h5-13H,14H2,1-4H3,(H,25,26). The molecule has 0 aliphatic rings. The summed E-state index contributed by atoms with van der Waals surface area (Å²) in [6.07, 6.45) is 0.872. The topological polar surface area (TPSA) is 62.7 Å². The van der Waals surface area contributed by atoms with Crippen molar-refractivity contribution in [1.29, 1.82) is 0 Å². The van der Waals surface area contributed by atoms with Gasteiger partial charge >= 0.3 is 6.09 Å². The Kier molecular flexibility index (Phi) is 5.04. The van der Waals surface area contributed by atoms with Crippen molar-refractivity contribution < 1.29 is 14.6 Å². The molecule has 0 saturated heterocycles. The molecular weight excluding hydrogens is 340 g/mol. The minimum atomic E-state index is -0.916. The first kappa shape index (κ1) is 18.7. The van der Waals surface area contributed by atoms with Gasteiger partial charge < -0.3 is 9.84 Å². The van der Waals surface area contributed by atoms with E-state index in [1.807, 2.05) is 69.3 Å². The molecule has 1 heterocycles. The van der Waals surface area contributed by atoms with E-state index in [1.165, 1.54) is 4.90 Å². The molecule has 0 radical (unpaired) electrons. The van der Waals surface area contributed by atoms with Gasteiger partial charge in [-0.15, -0.1) is 0 Å². The molecule has 140 valence electrons. The quantitative estimate of drug-likeness (QED) is 0.692. The fraction of sp³-hybridized carbons (Fsp3) is 0.273. The number of carboxylic acid groups (broad SMARTS) is 1. The van der Waals surface area contributed by atoms with Crippen LogP contribution in [0.15, 0.2) is 54.7 Å². The van der Waals surface area contributed by atoms with E-state index in [2.05, 4.69) is 4.98 Å². The molecule has 0 aliphatic heterocycles. The van der Waals surface area contributed by atoms with Crippen LogP contribution in [0.4, 0.5) is 4.79 Å². The van der Waals surface area contributed by atoms with Crippen molar-refractivity contribution in [2.75, 3.05) is 7.11 Å². The van der Waals surface area contributed by atoms with Crippen LogP contribution >= 0.6 is 0 Å². The van der Waals surface area contributed by atoms with E-state index >= 15 is 0 Å². The zero-order valence-electron chi connectivity index (χ0n) is 16.1. The Morgan fingerprint density at radius 3 is 2.41 bits per heavy atom. The number of carbonyl (C=O) groups is 1. The van der Waals surface area contributed by atoms with Gasteiger partial charge in [0.15, 0.2) is 0 Å². The summed E-state index contributed by atoms with van der Waals surface area (Å²) in [6.45, 7) is 6.04. The molecule has 0 saturated carbocycles. The first-order chi connectivity index (χ1) is 12.8. The summed E-state index contributed by atoms with van der Waals surface area (Å²) >= 11 is 0. The molecule has 0 unspecified atom stereocenters. The maximum absolute atomic E-state index is 11.5. The Morgan fingerprint density at radius 2 is 1.81 bits per heavy atom. The third kappa shape index (κ3) is 4.03. The van der Waals surface area contributed by atoms with Crippen LogP contribution in [-0.4, -0.2) is 33.7 Å². The lowest BCUT2D eigenvalue weighted by Crippen LogP contribution is -2.44. The number of amides is 1. The van der Waals surface area contributed by atoms with E-state index in [4.69, 9.17) is 4.74 Å². The van der Waals surface area contributed by atoms with Crippen molar-refractivity contribution in [3.05, 3.63) is 60.3 Å². The van der Waals surface area contributed by atoms with Crippen LogP contribution in [0, 0.1) is 0 Å². The van der Waals surface area contributed by atoms with Crippen LogP contribution in [0.1, 0.15) is 26.3 Å². The summed E-state index contributed by atoms with van der Waals surface area (Å²) < 4.78 is 5.27. The average Bonchev–Trinajstić information content (AvgIpc) is 2.64. The molecule has 27 heavy (non-hydrogen) atoms. The molecule has 0 aliphatic carbocycles. The van der Waals surface area contributed by atoms with Gasteiger partial charge in [-0.1, -0.05) is 24.3 Å². The summed E-state index contributed by atoms with van der Waals surface area (Å²) in [6, 6.07) is 15.9. The first-order valence-corrected chi connectivity index (χ1v) is 8.82. The molecule has 0 fully saturated rings. The molecule has 5 heteroatoms. The van der Waals surface area contributed by atoms with Gasteiger partial charge in [0.25, 0.3) is 0 Å². The molecule has 3 rings (SSSR count). The summed E-state index contributed by atoms with van der Waals surface area (Å²) in [7, 11) is 1.64. The van der Waals surface area contributed by atoms with Crippen molar-refractivity contribution in [3.63, 3.8) is 0 Å². The number of ether oxygens (including phenoxy) is 1. The normalized spacial score (nSPS) is 11.4. The third-order valence-corrected chi connectivity index (χ3v) is 4.60. The second kappa shape index (κ2) is 7.27. The second-order valence-electron chi connectivity index (χ2n) is 7.48. The summed E-state index contributed by atoms with van der Waals surface area (Å²) in [5, 5.41) is 10.5. The molecule has 1 N–H and O–H groups in total. The van der Waals surface area contributed by atoms with Crippen LogP contribution < -0.4 is 4.74 Å². The lowest BCUT2D eigenvalue weighted by atomic mass is 9.99. The van der Waals surface area contributed by atoms with E-state index in [0.717, 1.165) is 33.3 Å². The molecular formula is C22H24N2O3. The smallest absolute Gasteiger partial charge is 0.408 e. The molecule has 2 aromatic carbocycles. The van der Waals surface area contributed by atoms with E-state index in [0.29, 0.717) is 6.54 Å². The van der Waals surface area contributed by atoms with Crippen LogP contribution in [0.2, 0.25) is 0 Å². The summed E-state index contributed by atoms with van der Waals surface area (Å²) in [5.74, 6) is 0.776. The Labute approximate surface area is 159 Å². The van der Waals surface area contributed by atoms with Crippen molar-refractivity contribution in [3.8, 4) is 16.9 Å². The van der Waals surface area contributed by atoms with Crippen LogP contribution in [0.5, 0.6) is 5.75 Å².